The molecule has 1 aliphatic heterocycles. The number of imide groups is 1. The van der Waals surface area contributed by atoms with Crippen LogP contribution < -0.4 is 10.4 Å². The summed E-state index contributed by atoms with van der Waals surface area (Å²) >= 11 is 0. The molecular formula is C27H19NO6. The number of rotatable bonds is 4. The largest absolute Gasteiger partial charge is 0.424 e. The van der Waals surface area contributed by atoms with E-state index in [1.54, 1.807) is 73.7 Å². The highest BCUT2D eigenvalue weighted by Gasteiger charge is 2.53. The van der Waals surface area contributed by atoms with Crippen LogP contribution in [0.3, 0.4) is 0 Å². The Bertz CT molecular complexity index is 1500. The Kier molecular flexibility index (Phi) is 4.90. The molecule has 0 unspecified atom stereocenters. The molecule has 0 bridgehead atoms. The molecule has 0 N–H and O–H groups in total. The number of esters is 1. The van der Waals surface area contributed by atoms with Crippen LogP contribution in [0.25, 0.3) is 11.0 Å². The number of nitrogens with zero attached hydrogens (tertiary/aromatic N) is 1. The minimum Gasteiger partial charge on any atom is -0.424 e. The summed E-state index contributed by atoms with van der Waals surface area (Å²) in [5.41, 5.74) is -0.416. The molecule has 1 atom stereocenters. The van der Waals surface area contributed by atoms with Crippen molar-refractivity contribution in [1.29, 1.82) is 0 Å². The zero-order valence-corrected chi connectivity index (χ0v) is 18.4. The lowest BCUT2D eigenvalue weighted by Crippen LogP contribution is -2.54. The number of aryl methyl sites for hydroxylation is 1. The number of hydrogen-bond acceptors (Lipinski definition) is 6. The molecular weight excluding hydrogens is 434 g/mol. The summed E-state index contributed by atoms with van der Waals surface area (Å²) in [6, 6.07) is 21.0. The minimum absolute atomic E-state index is 0.116. The Hall–Kier alpha value is -4.52. The van der Waals surface area contributed by atoms with Crippen molar-refractivity contribution in [3.63, 3.8) is 0 Å². The van der Waals surface area contributed by atoms with Crippen molar-refractivity contribution < 1.29 is 23.5 Å². The van der Waals surface area contributed by atoms with Gasteiger partial charge in [-0.25, -0.2) is 9.59 Å². The number of ether oxygens (including phenoxy) is 1. The summed E-state index contributed by atoms with van der Waals surface area (Å²) in [7, 11) is 0. The smallest absolute Gasteiger partial charge is 0.342 e. The quantitative estimate of drug-likeness (QED) is 0.199. The van der Waals surface area contributed by atoms with Gasteiger partial charge < -0.3 is 9.15 Å². The van der Waals surface area contributed by atoms with Crippen molar-refractivity contribution >= 4 is 28.8 Å². The van der Waals surface area contributed by atoms with E-state index >= 15 is 0 Å². The third-order valence-corrected chi connectivity index (χ3v) is 6.11. The second-order valence-corrected chi connectivity index (χ2v) is 8.23. The Balaban J connectivity index is 1.59. The van der Waals surface area contributed by atoms with Gasteiger partial charge in [-0.05, 0) is 49.2 Å². The summed E-state index contributed by atoms with van der Waals surface area (Å²) in [5, 5.41) is 0.700. The molecule has 0 spiro atoms. The number of carbonyl (C=O) groups excluding carboxylic acids is 3. The van der Waals surface area contributed by atoms with E-state index in [1.165, 1.54) is 19.1 Å². The van der Waals surface area contributed by atoms with Crippen molar-refractivity contribution in [2.45, 2.75) is 19.4 Å². The molecule has 4 aromatic rings. The van der Waals surface area contributed by atoms with Crippen molar-refractivity contribution in [2.75, 3.05) is 0 Å². The fourth-order valence-electron chi connectivity index (χ4n) is 4.27. The van der Waals surface area contributed by atoms with E-state index in [4.69, 9.17) is 9.15 Å². The van der Waals surface area contributed by atoms with Gasteiger partial charge >= 0.3 is 11.6 Å². The lowest BCUT2D eigenvalue weighted by molar-refractivity contribution is -0.145. The predicted octanol–water partition coefficient (Wildman–Crippen LogP) is 4.22. The van der Waals surface area contributed by atoms with Gasteiger partial charge in [0.25, 0.3) is 11.8 Å². The van der Waals surface area contributed by atoms with Gasteiger partial charge in [-0.15, -0.1) is 0 Å². The van der Waals surface area contributed by atoms with Crippen LogP contribution in [-0.4, -0.2) is 22.7 Å². The Morgan fingerprint density at radius 1 is 0.853 bits per heavy atom. The van der Waals surface area contributed by atoms with Crippen molar-refractivity contribution in [3.8, 4) is 5.75 Å². The maximum Gasteiger partial charge on any atom is 0.342 e. The molecule has 1 aromatic heterocycles. The average Bonchev–Trinajstić information content (AvgIpc) is 3.09. The van der Waals surface area contributed by atoms with Crippen LogP contribution in [0.2, 0.25) is 0 Å². The van der Waals surface area contributed by atoms with Crippen LogP contribution in [0.5, 0.6) is 5.75 Å². The van der Waals surface area contributed by atoms with E-state index in [9.17, 15) is 19.2 Å². The fourth-order valence-corrected chi connectivity index (χ4v) is 4.27. The standard InChI is InChI=1S/C27H19NO6/c1-16-14-23(29)34-22-15-18(12-13-19(16)22)33-26(32)27(2,17-8-4-3-5-9-17)28-24(30)20-10-6-7-11-21(20)25(28)31/h3-15H,1-2H3/t27-/m0/s1. The molecule has 7 nitrogen and oxygen atoms in total. The van der Waals surface area contributed by atoms with Gasteiger partial charge in [-0.1, -0.05) is 42.5 Å². The van der Waals surface area contributed by atoms with Crippen LogP contribution >= 0.6 is 0 Å². The molecule has 0 aliphatic carbocycles. The zero-order chi connectivity index (χ0) is 24.0. The highest BCUT2D eigenvalue weighted by molar-refractivity contribution is 6.23. The lowest BCUT2D eigenvalue weighted by Gasteiger charge is -2.35. The van der Waals surface area contributed by atoms with Gasteiger partial charge in [0, 0.05) is 17.5 Å². The van der Waals surface area contributed by atoms with Crippen LogP contribution in [0.15, 0.2) is 88.1 Å². The van der Waals surface area contributed by atoms with E-state index in [0.717, 1.165) is 10.5 Å². The molecule has 2 heterocycles. The third-order valence-electron chi connectivity index (χ3n) is 6.11. The Labute approximate surface area is 194 Å². The van der Waals surface area contributed by atoms with E-state index in [-0.39, 0.29) is 22.5 Å². The molecule has 7 heteroatoms. The molecule has 0 radical (unpaired) electrons. The van der Waals surface area contributed by atoms with Crippen molar-refractivity contribution in [2.24, 2.45) is 0 Å². The zero-order valence-electron chi connectivity index (χ0n) is 18.4. The lowest BCUT2D eigenvalue weighted by atomic mass is 9.90. The van der Waals surface area contributed by atoms with Gasteiger partial charge in [0.2, 0.25) is 0 Å². The van der Waals surface area contributed by atoms with E-state index < -0.39 is 28.9 Å². The summed E-state index contributed by atoms with van der Waals surface area (Å²) < 4.78 is 10.9. The normalized spacial score (nSPS) is 14.7. The molecule has 1 aliphatic rings. The summed E-state index contributed by atoms with van der Waals surface area (Å²) in [6.45, 7) is 3.26. The van der Waals surface area contributed by atoms with Crippen LogP contribution in [0, 0.1) is 6.92 Å². The maximum atomic E-state index is 13.7. The maximum absolute atomic E-state index is 13.7. The molecule has 5 rings (SSSR count). The molecule has 0 fully saturated rings. The summed E-state index contributed by atoms with van der Waals surface area (Å²) in [4.78, 5) is 53.0. The van der Waals surface area contributed by atoms with Crippen LogP contribution in [0.1, 0.15) is 38.8 Å². The highest BCUT2D eigenvalue weighted by atomic mass is 16.5. The number of benzene rings is 3. The molecule has 3 aromatic carbocycles. The molecule has 34 heavy (non-hydrogen) atoms. The Morgan fingerprint density at radius 3 is 2.12 bits per heavy atom. The van der Waals surface area contributed by atoms with Crippen molar-refractivity contribution in [3.05, 3.63) is 112 Å². The molecule has 2 amide bonds. The first-order chi connectivity index (χ1) is 16.3. The first-order valence-corrected chi connectivity index (χ1v) is 10.6. The molecule has 0 saturated carbocycles. The topological polar surface area (TPSA) is 93.9 Å². The van der Waals surface area contributed by atoms with Crippen molar-refractivity contribution in [1.82, 2.24) is 4.90 Å². The summed E-state index contributed by atoms with van der Waals surface area (Å²) in [6.07, 6.45) is 0. The number of amides is 2. The Morgan fingerprint density at radius 2 is 1.47 bits per heavy atom. The van der Waals surface area contributed by atoms with E-state index in [0.29, 0.717) is 10.9 Å². The first kappa shape index (κ1) is 21.3. The SMILES string of the molecule is Cc1cc(=O)oc2cc(OC(=O)[C@](C)(c3ccccc3)N3C(=O)c4ccccc4C3=O)ccc12. The second kappa shape index (κ2) is 7.81. The van der Waals surface area contributed by atoms with E-state index in [1.807, 2.05) is 0 Å². The molecule has 0 saturated heterocycles. The average molecular weight is 453 g/mol. The number of hydrogen-bond donors (Lipinski definition) is 0. The third kappa shape index (κ3) is 3.21. The first-order valence-electron chi connectivity index (χ1n) is 10.6. The highest BCUT2D eigenvalue weighted by Crippen LogP contribution is 2.37. The van der Waals surface area contributed by atoms with Gasteiger partial charge in [0.1, 0.15) is 11.3 Å². The predicted molar refractivity (Wildman–Crippen MR) is 124 cm³/mol. The fraction of sp³-hybridized carbons (Fsp3) is 0.111. The van der Waals surface area contributed by atoms with Gasteiger partial charge in [-0.2, -0.15) is 0 Å². The number of carbonyl (C=O) groups is 3. The van der Waals surface area contributed by atoms with Crippen LogP contribution in [0.4, 0.5) is 0 Å². The molecule has 168 valence electrons. The minimum atomic E-state index is -1.75. The monoisotopic (exact) mass is 453 g/mol. The van der Waals surface area contributed by atoms with Gasteiger partial charge in [0.05, 0.1) is 11.1 Å². The van der Waals surface area contributed by atoms with Gasteiger partial charge in [0.15, 0.2) is 5.54 Å². The number of fused-ring (bicyclic) bond motifs is 2. The van der Waals surface area contributed by atoms with E-state index in [2.05, 4.69) is 0 Å². The summed E-state index contributed by atoms with van der Waals surface area (Å²) in [5.74, 6) is -1.87. The second-order valence-electron chi connectivity index (χ2n) is 8.23. The van der Waals surface area contributed by atoms with Crippen LogP contribution in [-0.2, 0) is 10.3 Å². The van der Waals surface area contributed by atoms with Gasteiger partial charge in [-0.3, -0.25) is 14.5 Å².